The van der Waals surface area contributed by atoms with E-state index < -0.39 is 58.0 Å². The van der Waals surface area contributed by atoms with Crippen LogP contribution in [-0.2, 0) is 43.4 Å². The van der Waals surface area contributed by atoms with Gasteiger partial charge in [-0.2, -0.15) is 3.97 Å². The molecule has 1 aliphatic rings. The number of ether oxygens (including phenoxy) is 4. The van der Waals surface area contributed by atoms with E-state index >= 15 is 0 Å². The number of rotatable bonds is 7. The largest absolute Gasteiger partial charge is 0.463 e. The van der Waals surface area contributed by atoms with Crippen LogP contribution in [0.5, 0.6) is 0 Å². The van der Waals surface area contributed by atoms with Crippen LogP contribution in [0.1, 0.15) is 43.7 Å². The molecule has 1 aliphatic heterocycles. The van der Waals surface area contributed by atoms with Gasteiger partial charge in [0.15, 0.2) is 29.6 Å². The number of hydrogen-bond acceptors (Lipinski definition) is 12. The molecular formula is C25H28N4O10S. The molecule has 0 aliphatic carbocycles. The van der Waals surface area contributed by atoms with E-state index in [1.807, 2.05) is 6.92 Å². The van der Waals surface area contributed by atoms with Crippen LogP contribution in [0.4, 0.5) is 0 Å². The Bertz CT molecular complexity index is 1650. The van der Waals surface area contributed by atoms with E-state index in [1.165, 1.54) is 17.8 Å². The van der Waals surface area contributed by atoms with E-state index in [0.29, 0.717) is 15.1 Å². The van der Waals surface area contributed by atoms with Crippen molar-refractivity contribution < 1.29 is 41.7 Å². The van der Waals surface area contributed by atoms with Crippen LogP contribution < -0.4 is 5.56 Å². The van der Waals surface area contributed by atoms with Crippen molar-refractivity contribution in [2.45, 2.75) is 71.0 Å². The number of carbonyl (C=O) groups excluding carboxylic acids is 3. The molecule has 4 rings (SSSR count). The van der Waals surface area contributed by atoms with Crippen LogP contribution in [-0.4, -0.2) is 69.8 Å². The van der Waals surface area contributed by atoms with Crippen molar-refractivity contribution in [2.75, 3.05) is 6.61 Å². The zero-order chi connectivity index (χ0) is 29.5. The number of nitrogens with zero attached hydrogens (tertiary/aromatic N) is 4. The van der Waals surface area contributed by atoms with E-state index in [4.69, 9.17) is 18.9 Å². The molecule has 15 heteroatoms. The van der Waals surface area contributed by atoms with Crippen LogP contribution in [0.2, 0.25) is 0 Å². The minimum absolute atomic E-state index is 0.0210. The van der Waals surface area contributed by atoms with Gasteiger partial charge in [-0.1, -0.05) is 17.7 Å². The molecule has 0 radical (unpaired) electrons. The molecule has 14 nitrogen and oxygen atoms in total. The van der Waals surface area contributed by atoms with E-state index in [2.05, 4.69) is 9.97 Å². The Morgan fingerprint density at radius 2 is 1.52 bits per heavy atom. The fourth-order valence-electron chi connectivity index (χ4n) is 4.84. The van der Waals surface area contributed by atoms with Gasteiger partial charge in [-0.25, -0.2) is 18.4 Å². The van der Waals surface area contributed by atoms with E-state index in [9.17, 15) is 27.6 Å². The van der Waals surface area contributed by atoms with Gasteiger partial charge in [-0.15, -0.1) is 0 Å². The molecule has 0 amide bonds. The molecule has 3 aromatic rings. The molecule has 0 unspecified atom stereocenters. The van der Waals surface area contributed by atoms with Crippen molar-refractivity contribution in [3.63, 3.8) is 0 Å². The van der Waals surface area contributed by atoms with Gasteiger partial charge in [0.2, 0.25) is 0 Å². The number of fused-ring (bicyclic) bond motifs is 1. The van der Waals surface area contributed by atoms with Gasteiger partial charge in [0.25, 0.3) is 15.6 Å². The van der Waals surface area contributed by atoms with Crippen LogP contribution in [0.25, 0.3) is 11.2 Å². The van der Waals surface area contributed by atoms with Crippen molar-refractivity contribution in [1.82, 2.24) is 18.5 Å². The number of imidazole rings is 1. The molecule has 40 heavy (non-hydrogen) atoms. The predicted molar refractivity (Wildman–Crippen MR) is 137 cm³/mol. The summed E-state index contributed by atoms with van der Waals surface area (Å²) in [5.41, 5.74) is 0.462. The molecule has 0 bridgehead atoms. The van der Waals surface area contributed by atoms with Crippen LogP contribution in [0.3, 0.4) is 0 Å². The topological polar surface area (TPSA) is 175 Å². The minimum Gasteiger partial charge on any atom is -0.463 e. The Balaban J connectivity index is 1.81. The van der Waals surface area contributed by atoms with Gasteiger partial charge in [0.1, 0.15) is 19.0 Å². The molecule has 3 heterocycles. The first-order chi connectivity index (χ1) is 18.7. The SMILES string of the molecule is CC(=O)OC[C@H]1O[C@@H](n2cnc3c(=O)n(S(=O)(=O)c4c(C)cc(C)cc4C)cnc32)[C@H](OC(C)=O)[C@@H]1OC(C)=O. The molecule has 1 aromatic carbocycles. The molecule has 1 fully saturated rings. The van der Waals surface area contributed by atoms with Crippen molar-refractivity contribution in [3.05, 3.63) is 51.8 Å². The third kappa shape index (κ3) is 5.34. The maximum Gasteiger partial charge on any atom is 0.303 e. The summed E-state index contributed by atoms with van der Waals surface area (Å²) in [4.78, 5) is 56.8. The predicted octanol–water partition coefficient (Wildman–Crippen LogP) is 1.08. The van der Waals surface area contributed by atoms with Crippen molar-refractivity contribution >= 4 is 39.1 Å². The maximum absolute atomic E-state index is 13.5. The zero-order valence-electron chi connectivity index (χ0n) is 22.6. The van der Waals surface area contributed by atoms with Gasteiger partial charge < -0.3 is 18.9 Å². The average Bonchev–Trinajstić information content (AvgIpc) is 3.38. The standard InChI is InChI=1S/C25H28N4O10S/c1-12-7-13(2)22(14(3)8-12)40(34,35)29-11-27-23-19(24(29)33)26-10-28(23)25-21(38-17(6)32)20(37-16(5)31)18(39-25)9-36-15(4)30/h7-8,10-11,18,20-21,25H,9H2,1-6H3/t18-,20-,21-,25-/m1/s1. The fraction of sp³-hybridized carbons (Fsp3) is 0.440. The lowest BCUT2D eigenvalue weighted by atomic mass is 10.1. The highest BCUT2D eigenvalue weighted by atomic mass is 32.2. The van der Waals surface area contributed by atoms with Crippen molar-refractivity contribution in [2.24, 2.45) is 0 Å². The van der Waals surface area contributed by atoms with Crippen LogP contribution in [0.15, 0.2) is 34.5 Å². The average molecular weight is 577 g/mol. The van der Waals surface area contributed by atoms with Gasteiger partial charge in [-0.3, -0.25) is 23.7 Å². The second-order valence-corrected chi connectivity index (χ2v) is 11.2. The molecular weight excluding hydrogens is 548 g/mol. The Morgan fingerprint density at radius 1 is 0.925 bits per heavy atom. The Kier molecular flexibility index (Phi) is 7.81. The lowest BCUT2D eigenvalue weighted by Crippen LogP contribution is -2.40. The first kappa shape index (κ1) is 28.9. The molecule has 0 saturated carbocycles. The van der Waals surface area contributed by atoms with Crippen LogP contribution >= 0.6 is 0 Å². The minimum atomic E-state index is -4.34. The second kappa shape index (κ2) is 10.8. The maximum atomic E-state index is 13.5. The summed E-state index contributed by atoms with van der Waals surface area (Å²) < 4.78 is 50.6. The monoisotopic (exact) mass is 576 g/mol. The first-order valence-corrected chi connectivity index (χ1v) is 13.6. The summed E-state index contributed by atoms with van der Waals surface area (Å²) in [7, 11) is -4.34. The summed E-state index contributed by atoms with van der Waals surface area (Å²) >= 11 is 0. The van der Waals surface area contributed by atoms with E-state index in [1.54, 1.807) is 26.0 Å². The third-order valence-corrected chi connectivity index (χ3v) is 8.13. The first-order valence-electron chi connectivity index (χ1n) is 12.1. The normalized spacial score (nSPS) is 20.9. The molecule has 0 N–H and O–H groups in total. The summed E-state index contributed by atoms with van der Waals surface area (Å²) in [5, 5.41) is 0. The highest BCUT2D eigenvalue weighted by molar-refractivity contribution is 7.90. The number of esters is 3. The molecule has 2 aromatic heterocycles. The van der Waals surface area contributed by atoms with E-state index in [0.717, 1.165) is 25.7 Å². The second-order valence-electron chi connectivity index (χ2n) is 9.42. The molecule has 214 valence electrons. The summed E-state index contributed by atoms with van der Waals surface area (Å²) in [6, 6.07) is 3.40. The van der Waals surface area contributed by atoms with Crippen LogP contribution in [0, 0.1) is 20.8 Å². The fourth-order valence-corrected chi connectivity index (χ4v) is 6.45. The highest BCUT2D eigenvalue weighted by Gasteiger charge is 2.51. The number of hydrogen-bond donors (Lipinski definition) is 0. The highest BCUT2D eigenvalue weighted by Crippen LogP contribution is 2.35. The molecule has 1 saturated heterocycles. The van der Waals surface area contributed by atoms with Crippen molar-refractivity contribution in [1.29, 1.82) is 0 Å². The number of carbonyl (C=O) groups is 3. The Hall–Kier alpha value is -4.11. The Morgan fingerprint density at radius 3 is 2.10 bits per heavy atom. The smallest absolute Gasteiger partial charge is 0.303 e. The molecule has 0 spiro atoms. The van der Waals surface area contributed by atoms with Gasteiger partial charge >= 0.3 is 17.9 Å². The van der Waals surface area contributed by atoms with Crippen molar-refractivity contribution in [3.8, 4) is 0 Å². The Labute approximate surface area is 228 Å². The lowest BCUT2D eigenvalue weighted by molar-refractivity contribution is -0.166. The number of aryl methyl sites for hydroxylation is 3. The van der Waals surface area contributed by atoms with Gasteiger partial charge in [0, 0.05) is 20.8 Å². The van der Waals surface area contributed by atoms with Gasteiger partial charge in [0.05, 0.1) is 11.2 Å². The quantitative estimate of drug-likeness (QED) is 0.289. The number of aromatic nitrogens is 4. The zero-order valence-corrected chi connectivity index (χ0v) is 23.4. The third-order valence-electron chi connectivity index (χ3n) is 6.19. The summed E-state index contributed by atoms with van der Waals surface area (Å²) in [5.74, 6) is -2.05. The summed E-state index contributed by atoms with van der Waals surface area (Å²) in [6.07, 6.45) is -2.67. The lowest BCUT2D eigenvalue weighted by Gasteiger charge is -2.23. The summed E-state index contributed by atoms with van der Waals surface area (Å²) in [6.45, 7) is 8.25. The van der Waals surface area contributed by atoms with Gasteiger partial charge in [-0.05, 0) is 31.9 Å². The molecule has 4 atom stereocenters. The van der Waals surface area contributed by atoms with E-state index in [-0.39, 0.29) is 22.7 Å². The number of benzene rings is 1.